The summed E-state index contributed by atoms with van der Waals surface area (Å²) in [7, 11) is 0. The molecule has 0 saturated heterocycles. The monoisotopic (exact) mass is 450 g/mol. The fraction of sp³-hybridized carbons (Fsp3) is 0.552. The SMILES string of the molecule is CCCCCCCN1CCc2c(C)cc(C)c(CC(C)(C)CNC(=O)c3ccccc3O)c21. The third kappa shape index (κ3) is 6.31. The number of fused-ring (bicyclic) bond motifs is 1. The Morgan fingerprint density at radius 1 is 1.09 bits per heavy atom. The van der Waals surface area contributed by atoms with E-state index in [1.807, 2.05) is 0 Å². The molecule has 4 nitrogen and oxygen atoms in total. The highest BCUT2D eigenvalue weighted by Crippen LogP contribution is 2.39. The van der Waals surface area contributed by atoms with Gasteiger partial charge in [-0.15, -0.1) is 0 Å². The zero-order valence-electron chi connectivity index (χ0n) is 21.3. The first-order chi connectivity index (χ1) is 15.7. The van der Waals surface area contributed by atoms with Crippen molar-refractivity contribution in [3.05, 3.63) is 58.1 Å². The molecule has 2 aromatic carbocycles. The van der Waals surface area contributed by atoms with Gasteiger partial charge in [0.25, 0.3) is 5.91 Å². The van der Waals surface area contributed by atoms with Crippen LogP contribution in [-0.2, 0) is 12.8 Å². The molecule has 0 spiro atoms. The van der Waals surface area contributed by atoms with Gasteiger partial charge in [0.2, 0.25) is 0 Å². The van der Waals surface area contributed by atoms with E-state index in [0.29, 0.717) is 12.1 Å². The van der Waals surface area contributed by atoms with Gasteiger partial charge in [-0.25, -0.2) is 0 Å². The number of aryl methyl sites for hydroxylation is 2. The minimum Gasteiger partial charge on any atom is -0.507 e. The van der Waals surface area contributed by atoms with Gasteiger partial charge in [-0.3, -0.25) is 4.79 Å². The molecule has 0 fully saturated rings. The number of anilines is 1. The number of hydrogen-bond acceptors (Lipinski definition) is 3. The fourth-order valence-corrected chi connectivity index (χ4v) is 5.08. The topological polar surface area (TPSA) is 52.6 Å². The van der Waals surface area contributed by atoms with Gasteiger partial charge in [0.1, 0.15) is 5.75 Å². The summed E-state index contributed by atoms with van der Waals surface area (Å²) in [4.78, 5) is 15.2. The third-order valence-corrected chi connectivity index (χ3v) is 6.97. The predicted octanol–water partition coefficient (Wildman–Crippen LogP) is 6.34. The molecule has 1 heterocycles. The second-order valence-electron chi connectivity index (χ2n) is 10.5. The van der Waals surface area contributed by atoms with Crippen LogP contribution in [0.5, 0.6) is 5.75 Å². The van der Waals surface area contributed by atoms with Crippen LogP contribution < -0.4 is 10.2 Å². The van der Waals surface area contributed by atoms with Gasteiger partial charge in [0.05, 0.1) is 5.56 Å². The Morgan fingerprint density at radius 3 is 2.55 bits per heavy atom. The molecule has 0 aromatic heterocycles. The third-order valence-electron chi connectivity index (χ3n) is 6.97. The quantitative estimate of drug-likeness (QED) is 0.393. The molecule has 1 aliphatic rings. The van der Waals surface area contributed by atoms with Crippen molar-refractivity contribution in [2.24, 2.45) is 5.41 Å². The van der Waals surface area contributed by atoms with Gasteiger partial charge in [-0.1, -0.05) is 64.7 Å². The van der Waals surface area contributed by atoms with E-state index in [9.17, 15) is 9.90 Å². The molecule has 0 aliphatic carbocycles. The summed E-state index contributed by atoms with van der Waals surface area (Å²) in [6.07, 6.45) is 8.56. The maximum absolute atomic E-state index is 12.6. The highest BCUT2D eigenvalue weighted by molar-refractivity contribution is 5.96. The Morgan fingerprint density at radius 2 is 1.82 bits per heavy atom. The number of para-hydroxylation sites is 1. The first kappa shape index (κ1) is 25.1. The minimum atomic E-state index is -0.222. The second-order valence-corrected chi connectivity index (χ2v) is 10.5. The Hall–Kier alpha value is -2.49. The summed E-state index contributed by atoms with van der Waals surface area (Å²) in [5.74, 6) is -0.199. The summed E-state index contributed by atoms with van der Waals surface area (Å²) in [5, 5.41) is 13.0. The van der Waals surface area contributed by atoms with E-state index in [0.717, 1.165) is 25.9 Å². The van der Waals surface area contributed by atoms with Gasteiger partial charge in [-0.2, -0.15) is 0 Å². The van der Waals surface area contributed by atoms with Crippen LogP contribution in [0.1, 0.15) is 85.5 Å². The standard InChI is InChI=1S/C29H42N2O2/c1-6-7-8-9-12-16-31-17-15-23-21(2)18-22(3)25(27(23)31)19-29(4,5)20-30-28(33)24-13-10-11-14-26(24)32/h10-11,13-14,18,32H,6-9,12,15-17,19-20H2,1-5H3,(H,30,33). The largest absolute Gasteiger partial charge is 0.507 e. The van der Waals surface area contributed by atoms with Crippen LogP contribution in [0.15, 0.2) is 30.3 Å². The first-order valence-corrected chi connectivity index (χ1v) is 12.7. The Kier molecular flexibility index (Phi) is 8.45. The van der Waals surface area contributed by atoms with E-state index in [1.54, 1.807) is 24.3 Å². The van der Waals surface area contributed by atoms with Crippen LogP contribution in [0.2, 0.25) is 0 Å². The molecule has 4 heteroatoms. The number of phenols is 1. The number of phenolic OH excluding ortho intramolecular Hbond substituents is 1. The smallest absolute Gasteiger partial charge is 0.255 e. The van der Waals surface area contributed by atoms with Crippen LogP contribution in [0, 0.1) is 19.3 Å². The van der Waals surface area contributed by atoms with Crippen molar-refractivity contribution in [2.45, 2.75) is 79.6 Å². The van der Waals surface area contributed by atoms with Gasteiger partial charge < -0.3 is 15.3 Å². The molecule has 180 valence electrons. The molecular formula is C29H42N2O2. The Balaban J connectivity index is 1.72. The molecule has 33 heavy (non-hydrogen) atoms. The average Bonchev–Trinajstić information content (AvgIpc) is 3.20. The molecule has 0 bridgehead atoms. The number of carbonyl (C=O) groups excluding carboxylic acids is 1. The van der Waals surface area contributed by atoms with Crippen LogP contribution in [0.3, 0.4) is 0 Å². The molecule has 0 unspecified atom stereocenters. The number of benzene rings is 2. The van der Waals surface area contributed by atoms with Crippen LogP contribution in [0.4, 0.5) is 5.69 Å². The summed E-state index contributed by atoms with van der Waals surface area (Å²) in [6.45, 7) is 14.0. The maximum atomic E-state index is 12.6. The van der Waals surface area contributed by atoms with Crippen molar-refractivity contribution in [2.75, 3.05) is 24.5 Å². The zero-order chi connectivity index (χ0) is 24.0. The summed E-state index contributed by atoms with van der Waals surface area (Å²) in [5.41, 5.74) is 7.39. The average molecular weight is 451 g/mol. The highest BCUT2D eigenvalue weighted by atomic mass is 16.3. The molecule has 0 saturated carbocycles. The zero-order valence-corrected chi connectivity index (χ0v) is 21.3. The van der Waals surface area contributed by atoms with E-state index in [4.69, 9.17) is 0 Å². The van der Waals surface area contributed by atoms with Crippen molar-refractivity contribution in [3.8, 4) is 5.75 Å². The lowest BCUT2D eigenvalue weighted by molar-refractivity contribution is 0.0933. The lowest BCUT2D eigenvalue weighted by Crippen LogP contribution is -2.36. The van der Waals surface area contributed by atoms with E-state index in [1.165, 1.54) is 60.0 Å². The number of carbonyl (C=O) groups is 1. The number of unbranched alkanes of at least 4 members (excludes halogenated alkanes) is 4. The molecular weight excluding hydrogens is 408 g/mol. The minimum absolute atomic E-state index is 0.0228. The lowest BCUT2D eigenvalue weighted by atomic mass is 9.82. The molecule has 2 aromatic rings. The maximum Gasteiger partial charge on any atom is 0.255 e. The van der Waals surface area contributed by atoms with E-state index in [-0.39, 0.29) is 17.1 Å². The predicted molar refractivity (Wildman–Crippen MR) is 139 cm³/mol. The number of aromatic hydroxyl groups is 1. The van der Waals surface area contributed by atoms with Gasteiger partial charge in [0, 0.05) is 25.3 Å². The molecule has 3 rings (SSSR count). The molecule has 0 radical (unpaired) electrons. The van der Waals surface area contributed by atoms with Crippen molar-refractivity contribution < 1.29 is 9.90 Å². The molecule has 0 atom stereocenters. The van der Waals surface area contributed by atoms with E-state index in [2.05, 4.69) is 50.9 Å². The van der Waals surface area contributed by atoms with Gasteiger partial charge in [-0.05, 0) is 72.9 Å². The van der Waals surface area contributed by atoms with Crippen LogP contribution in [0.25, 0.3) is 0 Å². The van der Waals surface area contributed by atoms with Crippen molar-refractivity contribution in [3.63, 3.8) is 0 Å². The summed E-state index contributed by atoms with van der Waals surface area (Å²) in [6, 6.07) is 9.06. The van der Waals surface area contributed by atoms with Crippen molar-refractivity contribution in [1.29, 1.82) is 0 Å². The highest BCUT2D eigenvalue weighted by Gasteiger charge is 2.29. The molecule has 1 amide bonds. The van der Waals surface area contributed by atoms with Crippen molar-refractivity contribution >= 4 is 11.6 Å². The Bertz CT molecular complexity index is 964. The second kappa shape index (κ2) is 11.1. The number of hydrogen-bond donors (Lipinski definition) is 2. The molecule has 1 aliphatic heterocycles. The molecule has 2 N–H and O–H groups in total. The number of amides is 1. The van der Waals surface area contributed by atoms with Crippen LogP contribution in [-0.4, -0.2) is 30.6 Å². The van der Waals surface area contributed by atoms with E-state index < -0.39 is 0 Å². The number of nitrogens with zero attached hydrogens (tertiary/aromatic N) is 1. The Labute approximate surface area is 200 Å². The summed E-state index contributed by atoms with van der Waals surface area (Å²) >= 11 is 0. The number of rotatable bonds is 11. The number of nitrogens with one attached hydrogen (secondary N) is 1. The van der Waals surface area contributed by atoms with E-state index >= 15 is 0 Å². The summed E-state index contributed by atoms with van der Waals surface area (Å²) < 4.78 is 0. The van der Waals surface area contributed by atoms with Crippen LogP contribution >= 0.6 is 0 Å². The van der Waals surface area contributed by atoms with Gasteiger partial charge >= 0.3 is 0 Å². The van der Waals surface area contributed by atoms with Gasteiger partial charge in [0.15, 0.2) is 0 Å². The normalized spacial score (nSPS) is 13.3. The lowest BCUT2D eigenvalue weighted by Gasteiger charge is -2.30. The van der Waals surface area contributed by atoms with Crippen molar-refractivity contribution in [1.82, 2.24) is 5.32 Å². The first-order valence-electron chi connectivity index (χ1n) is 12.7. The fourth-order valence-electron chi connectivity index (χ4n) is 5.08.